The maximum Gasteiger partial charge on any atom is 0.339 e. The molecule has 3 aromatic rings. The van der Waals surface area contributed by atoms with Crippen LogP contribution in [0.4, 0.5) is 0 Å². The first-order valence-corrected chi connectivity index (χ1v) is 9.63. The SMILES string of the molecule is Cc1nc(CSc2ccccc2C(=O)OCc2c(C)noc2C)cs1. The number of carbonyl (C=O) groups excluding carboxylic acids is 1. The summed E-state index contributed by atoms with van der Waals surface area (Å²) < 4.78 is 10.6. The Kier molecular flexibility index (Phi) is 5.55. The minimum absolute atomic E-state index is 0.157. The molecule has 2 heterocycles. The number of esters is 1. The van der Waals surface area contributed by atoms with Crippen LogP contribution in [0.25, 0.3) is 0 Å². The molecule has 3 rings (SSSR count). The van der Waals surface area contributed by atoms with Gasteiger partial charge in [-0.1, -0.05) is 17.3 Å². The third-order valence-electron chi connectivity index (χ3n) is 3.68. The van der Waals surface area contributed by atoms with Crippen molar-refractivity contribution in [3.63, 3.8) is 0 Å². The molecule has 0 spiro atoms. The summed E-state index contributed by atoms with van der Waals surface area (Å²) in [4.78, 5) is 17.8. The first kappa shape index (κ1) is 17.7. The number of thioether (sulfide) groups is 1. The van der Waals surface area contributed by atoms with Crippen molar-refractivity contribution >= 4 is 29.1 Å². The number of aryl methyl sites for hydroxylation is 3. The molecule has 25 heavy (non-hydrogen) atoms. The van der Waals surface area contributed by atoms with E-state index in [2.05, 4.69) is 10.1 Å². The van der Waals surface area contributed by atoms with Crippen LogP contribution in [0.5, 0.6) is 0 Å². The molecular formula is C18H18N2O3S2. The molecule has 0 atom stereocenters. The van der Waals surface area contributed by atoms with Crippen LogP contribution in [-0.4, -0.2) is 16.1 Å². The molecule has 0 aliphatic carbocycles. The summed E-state index contributed by atoms with van der Waals surface area (Å²) in [6, 6.07) is 7.46. The summed E-state index contributed by atoms with van der Waals surface area (Å²) in [7, 11) is 0. The van der Waals surface area contributed by atoms with Crippen LogP contribution in [0.1, 0.15) is 38.1 Å². The molecule has 0 unspecified atom stereocenters. The monoisotopic (exact) mass is 374 g/mol. The van der Waals surface area contributed by atoms with Gasteiger partial charge in [-0.25, -0.2) is 9.78 Å². The fraction of sp³-hybridized carbons (Fsp3) is 0.278. The van der Waals surface area contributed by atoms with Gasteiger partial charge in [-0.15, -0.1) is 23.1 Å². The lowest BCUT2D eigenvalue weighted by atomic mass is 10.2. The Balaban J connectivity index is 1.68. The number of aromatic nitrogens is 2. The van der Waals surface area contributed by atoms with Gasteiger partial charge in [0.25, 0.3) is 0 Å². The van der Waals surface area contributed by atoms with E-state index >= 15 is 0 Å². The molecule has 1 aromatic carbocycles. The molecule has 0 saturated heterocycles. The highest BCUT2D eigenvalue weighted by Crippen LogP contribution is 2.27. The topological polar surface area (TPSA) is 65.2 Å². The van der Waals surface area contributed by atoms with Gasteiger partial charge >= 0.3 is 5.97 Å². The fourth-order valence-electron chi connectivity index (χ4n) is 2.31. The summed E-state index contributed by atoms with van der Waals surface area (Å²) in [5.41, 5.74) is 3.14. The number of hydrogen-bond donors (Lipinski definition) is 0. The second-order valence-corrected chi connectivity index (χ2v) is 7.60. The summed E-state index contributed by atoms with van der Waals surface area (Å²) in [5, 5.41) is 6.96. The van der Waals surface area contributed by atoms with Crippen molar-refractivity contribution in [1.82, 2.24) is 10.1 Å². The van der Waals surface area contributed by atoms with Gasteiger partial charge in [-0.2, -0.15) is 0 Å². The highest BCUT2D eigenvalue weighted by atomic mass is 32.2. The normalized spacial score (nSPS) is 10.8. The maximum absolute atomic E-state index is 12.5. The van der Waals surface area contributed by atoms with Gasteiger partial charge in [-0.05, 0) is 32.9 Å². The molecule has 130 valence electrons. The van der Waals surface area contributed by atoms with E-state index in [4.69, 9.17) is 9.26 Å². The zero-order chi connectivity index (χ0) is 17.8. The van der Waals surface area contributed by atoms with E-state index in [-0.39, 0.29) is 12.6 Å². The van der Waals surface area contributed by atoms with Crippen LogP contribution in [-0.2, 0) is 17.1 Å². The van der Waals surface area contributed by atoms with Gasteiger partial charge in [0.1, 0.15) is 12.4 Å². The summed E-state index contributed by atoms with van der Waals surface area (Å²) in [5.74, 6) is 1.04. The van der Waals surface area contributed by atoms with Gasteiger partial charge in [0.2, 0.25) is 0 Å². The second-order valence-electron chi connectivity index (χ2n) is 5.52. The van der Waals surface area contributed by atoms with Crippen LogP contribution in [0, 0.1) is 20.8 Å². The van der Waals surface area contributed by atoms with Crippen molar-refractivity contribution in [2.45, 2.75) is 38.0 Å². The largest absolute Gasteiger partial charge is 0.457 e. The van der Waals surface area contributed by atoms with Crippen molar-refractivity contribution in [3.05, 3.63) is 62.9 Å². The first-order chi connectivity index (χ1) is 12.0. The van der Waals surface area contributed by atoms with Crippen LogP contribution in [0.2, 0.25) is 0 Å². The van der Waals surface area contributed by atoms with Gasteiger partial charge < -0.3 is 9.26 Å². The van der Waals surface area contributed by atoms with E-state index in [1.165, 1.54) is 0 Å². The Labute approximate surface area is 154 Å². The van der Waals surface area contributed by atoms with Crippen LogP contribution < -0.4 is 0 Å². The second kappa shape index (κ2) is 7.84. The van der Waals surface area contributed by atoms with Crippen molar-refractivity contribution in [1.29, 1.82) is 0 Å². The smallest absolute Gasteiger partial charge is 0.339 e. The molecule has 0 fully saturated rings. The van der Waals surface area contributed by atoms with Gasteiger partial charge in [0.15, 0.2) is 0 Å². The average molecular weight is 374 g/mol. The summed E-state index contributed by atoms with van der Waals surface area (Å²) >= 11 is 3.21. The molecule has 0 bridgehead atoms. The van der Waals surface area contributed by atoms with Crippen LogP contribution in [0.3, 0.4) is 0 Å². The Morgan fingerprint density at radius 1 is 1.28 bits per heavy atom. The lowest BCUT2D eigenvalue weighted by Gasteiger charge is -2.09. The van der Waals surface area contributed by atoms with Crippen molar-refractivity contribution < 1.29 is 14.1 Å². The average Bonchev–Trinajstić information content (AvgIpc) is 3.17. The van der Waals surface area contributed by atoms with E-state index in [1.807, 2.05) is 44.4 Å². The van der Waals surface area contributed by atoms with E-state index in [1.54, 1.807) is 29.2 Å². The standard InChI is InChI=1S/C18H18N2O3S2/c1-11-16(12(2)23-20-11)8-22-18(21)15-6-4-5-7-17(15)25-10-14-9-24-13(3)19-14/h4-7,9H,8,10H2,1-3H3. The van der Waals surface area contributed by atoms with Gasteiger partial charge in [0, 0.05) is 16.0 Å². The summed E-state index contributed by atoms with van der Waals surface area (Å²) in [6.45, 7) is 5.78. The Morgan fingerprint density at radius 3 is 2.76 bits per heavy atom. The molecule has 0 saturated carbocycles. The molecule has 7 heteroatoms. The molecule has 0 aliphatic heterocycles. The van der Waals surface area contributed by atoms with Crippen LogP contribution >= 0.6 is 23.1 Å². The Morgan fingerprint density at radius 2 is 2.08 bits per heavy atom. The molecule has 0 aliphatic rings. The van der Waals surface area contributed by atoms with Crippen molar-refractivity contribution in [2.75, 3.05) is 0 Å². The Bertz CT molecular complexity index is 867. The fourth-order valence-corrected chi connectivity index (χ4v) is 3.96. The highest BCUT2D eigenvalue weighted by molar-refractivity contribution is 7.98. The number of nitrogens with zero attached hydrogens (tertiary/aromatic N) is 2. The predicted octanol–water partition coefficient (Wildman–Crippen LogP) is 4.71. The Hall–Kier alpha value is -2.12. The van der Waals surface area contributed by atoms with Crippen LogP contribution in [0.15, 0.2) is 39.1 Å². The van der Waals surface area contributed by atoms with E-state index in [0.717, 1.165) is 32.6 Å². The minimum Gasteiger partial charge on any atom is -0.457 e. The zero-order valence-electron chi connectivity index (χ0n) is 14.2. The minimum atomic E-state index is -0.349. The lowest BCUT2D eigenvalue weighted by molar-refractivity contribution is 0.0466. The number of benzene rings is 1. The molecule has 5 nitrogen and oxygen atoms in total. The number of thiazole rings is 1. The predicted molar refractivity (Wildman–Crippen MR) is 98.0 cm³/mol. The number of hydrogen-bond acceptors (Lipinski definition) is 7. The maximum atomic E-state index is 12.5. The summed E-state index contributed by atoms with van der Waals surface area (Å²) in [6.07, 6.45) is 0. The molecule has 0 amide bonds. The van der Waals surface area contributed by atoms with Crippen molar-refractivity contribution in [2.24, 2.45) is 0 Å². The first-order valence-electron chi connectivity index (χ1n) is 7.76. The molecule has 0 N–H and O–H groups in total. The van der Waals surface area contributed by atoms with Gasteiger partial charge in [0.05, 0.1) is 27.5 Å². The molecular weight excluding hydrogens is 356 g/mol. The zero-order valence-corrected chi connectivity index (χ0v) is 15.9. The third kappa shape index (κ3) is 4.29. The van der Waals surface area contributed by atoms with E-state index in [0.29, 0.717) is 11.3 Å². The lowest BCUT2D eigenvalue weighted by Crippen LogP contribution is -2.07. The quantitative estimate of drug-likeness (QED) is 0.460. The number of rotatable bonds is 6. The molecule has 0 radical (unpaired) electrons. The van der Waals surface area contributed by atoms with Crippen molar-refractivity contribution in [3.8, 4) is 0 Å². The highest BCUT2D eigenvalue weighted by Gasteiger charge is 2.16. The van der Waals surface area contributed by atoms with Gasteiger partial charge in [-0.3, -0.25) is 0 Å². The van der Waals surface area contributed by atoms with E-state index < -0.39 is 0 Å². The third-order valence-corrected chi connectivity index (χ3v) is 5.61. The van der Waals surface area contributed by atoms with E-state index in [9.17, 15) is 4.79 Å². The molecule has 2 aromatic heterocycles. The number of carbonyl (C=O) groups is 1. The number of ether oxygens (including phenoxy) is 1.